The molecule has 0 fully saturated rings. The second kappa shape index (κ2) is 4.99. The van der Waals surface area contributed by atoms with E-state index < -0.39 is 0 Å². The lowest BCUT2D eigenvalue weighted by Crippen LogP contribution is -2.25. The molecule has 0 heterocycles. The third-order valence-corrected chi connectivity index (χ3v) is 2.11. The lowest BCUT2D eigenvalue weighted by atomic mass is 10.2. The Morgan fingerprint density at radius 1 is 1.57 bits per heavy atom. The van der Waals surface area contributed by atoms with Gasteiger partial charge >= 0.3 is 0 Å². The molecule has 3 nitrogen and oxygen atoms in total. The van der Waals surface area contributed by atoms with Crippen LogP contribution in [-0.2, 0) is 0 Å². The van der Waals surface area contributed by atoms with Crippen molar-refractivity contribution in [2.24, 2.45) is 5.73 Å². The fourth-order valence-corrected chi connectivity index (χ4v) is 1.53. The van der Waals surface area contributed by atoms with Crippen LogP contribution >= 0.6 is 15.9 Å². The summed E-state index contributed by atoms with van der Waals surface area (Å²) in [5, 5.41) is 11.9. The van der Waals surface area contributed by atoms with E-state index in [1.54, 1.807) is 12.1 Å². The first-order chi connectivity index (χ1) is 6.61. The van der Waals surface area contributed by atoms with Gasteiger partial charge in [0, 0.05) is 22.7 Å². The molecule has 0 aliphatic carbocycles. The van der Waals surface area contributed by atoms with E-state index in [2.05, 4.69) is 27.3 Å². The Morgan fingerprint density at radius 2 is 2.29 bits per heavy atom. The Labute approximate surface area is 92.0 Å². The maximum Gasteiger partial charge on any atom is 0.0992 e. The van der Waals surface area contributed by atoms with Gasteiger partial charge in [0.25, 0.3) is 0 Å². The Bertz CT molecular complexity index is 355. The van der Waals surface area contributed by atoms with Gasteiger partial charge in [0.1, 0.15) is 0 Å². The first kappa shape index (κ1) is 11.0. The summed E-state index contributed by atoms with van der Waals surface area (Å²) in [6, 6.07) is 7.68. The average Bonchev–Trinajstić information content (AvgIpc) is 2.14. The number of hydrogen-bond acceptors (Lipinski definition) is 3. The highest BCUT2D eigenvalue weighted by Gasteiger charge is 1.99. The Hall–Kier alpha value is -1.05. The van der Waals surface area contributed by atoms with E-state index in [0.29, 0.717) is 12.1 Å². The average molecular weight is 254 g/mol. The predicted octanol–water partition coefficient (Wildman–Crippen LogP) is 2.08. The van der Waals surface area contributed by atoms with Gasteiger partial charge in [-0.2, -0.15) is 5.26 Å². The molecule has 0 saturated heterocycles. The van der Waals surface area contributed by atoms with Gasteiger partial charge in [-0.05, 0) is 25.1 Å². The molecule has 4 heteroatoms. The summed E-state index contributed by atoms with van der Waals surface area (Å²) in [4.78, 5) is 0. The largest absolute Gasteiger partial charge is 0.383 e. The minimum Gasteiger partial charge on any atom is -0.383 e. The van der Waals surface area contributed by atoms with Crippen LogP contribution in [0.3, 0.4) is 0 Å². The minimum absolute atomic E-state index is 0.0968. The molecule has 0 amide bonds. The van der Waals surface area contributed by atoms with Crippen molar-refractivity contribution in [1.82, 2.24) is 0 Å². The molecule has 1 rings (SSSR count). The summed E-state index contributed by atoms with van der Waals surface area (Å²) in [6.45, 7) is 2.62. The van der Waals surface area contributed by atoms with Crippen LogP contribution in [0.2, 0.25) is 0 Å². The van der Waals surface area contributed by atoms with Crippen molar-refractivity contribution in [3.8, 4) is 6.07 Å². The number of nitrogens with two attached hydrogens (primary N) is 1. The number of nitrogens with zero attached hydrogens (tertiary/aromatic N) is 1. The molecule has 1 aromatic carbocycles. The lowest BCUT2D eigenvalue weighted by molar-refractivity contribution is 0.780. The van der Waals surface area contributed by atoms with Crippen LogP contribution in [0, 0.1) is 11.3 Å². The van der Waals surface area contributed by atoms with E-state index in [1.807, 2.05) is 13.0 Å². The van der Waals surface area contributed by atoms with Crippen LogP contribution in [0.1, 0.15) is 12.5 Å². The van der Waals surface area contributed by atoms with Crippen LogP contribution in [-0.4, -0.2) is 12.6 Å². The van der Waals surface area contributed by atoms with Gasteiger partial charge in [-0.3, -0.25) is 0 Å². The summed E-state index contributed by atoms with van der Waals surface area (Å²) in [5.74, 6) is 0. The smallest absolute Gasteiger partial charge is 0.0992 e. The van der Waals surface area contributed by atoms with E-state index in [0.717, 1.165) is 10.2 Å². The van der Waals surface area contributed by atoms with Gasteiger partial charge in [-0.1, -0.05) is 15.9 Å². The Balaban J connectivity index is 2.78. The zero-order chi connectivity index (χ0) is 10.6. The van der Waals surface area contributed by atoms with Crippen molar-refractivity contribution >= 4 is 21.6 Å². The summed E-state index contributed by atoms with van der Waals surface area (Å²) in [5.41, 5.74) is 7.15. The zero-order valence-corrected chi connectivity index (χ0v) is 9.51. The molecule has 74 valence electrons. The van der Waals surface area contributed by atoms with Gasteiger partial charge in [0.15, 0.2) is 0 Å². The second-order valence-electron chi connectivity index (χ2n) is 3.20. The quantitative estimate of drug-likeness (QED) is 0.868. The Morgan fingerprint density at radius 3 is 2.86 bits per heavy atom. The van der Waals surface area contributed by atoms with Gasteiger partial charge in [-0.25, -0.2) is 0 Å². The van der Waals surface area contributed by atoms with Crippen molar-refractivity contribution in [2.45, 2.75) is 13.0 Å². The number of anilines is 1. The molecule has 1 atom stereocenters. The maximum absolute atomic E-state index is 8.74. The summed E-state index contributed by atoms with van der Waals surface area (Å²) < 4.78 is 0.892. The van der Waals surface area contributed by atoms with Crippen LogP contribution in [0.25, 0.3) is 0 Å². The molecule has 3 N–H and O–H groups in total. The number of hydrogen-bond donors (Lipinski definition) is 2. The standard InChI is InChI=1S/C10H12BrN3/c1-7(13)6-14-10-3-8(5-12)2-9(11)4-10/h2-4,7,14H,6,13H2,1H3. The predicted molar refractivity (Wildman–Crippen MR) is 61.0 cm³/mol. The first-order valence-corrected chi connectivity index (χ1v) is 5.11. The minimum atomic E-state index is 0.0968. The van der Waals surface area contributed by atoms with E-state index in [4.69, 9.17) is 11.0 Å². The molecule has 14 heavy (non-hydrogen) atoms. The van der Waals surface area contributed by atoms with Gasteiger partial charge in [0.05, 0.1) is 11.6 Å². The van der Waals surface area contributed by atoms with Crippen LogP contribution < -0.4 is 11.1 Å². The zero-order valence-electron chi connectivity index (χ0n) is 7.92. The van der Waals surface area contributed by atoms with Crippen molar-refractivity contribution in [2.75, 3.05) is 11.9 Å². The fraction of sp³-hybridized carbons (Fsp3) is 0.300. The van der Waals surface area contributed by atoms with Gasteiger partial charge in [0.2, 0.25) is 0 Å². The number of nitrogens with one attached hydrogen (secondary N) is 1. The number of rotatable bonds is 3. The fourth-order valence-electron chi connectivity index (χ4n) is 1.04. The monoisotopic (exact) mass is 253 g/mol. The van der Waals surface area contributed by atoms with Gasteiger partial charge < -0.3 is 11.1 Å². The molecule has 0 bridgehead atoms. The van der Waals surface area contributed by atoms with Gasteiger partial charge in [-0.15, -0.1) is 0 Å². The summed E-state index contributed by atoms with van der Waals surface area (Å²) in [7, 11) is 0. The van der Waals surface area contributed by atoms with Crippen LogP contribution in [0.5, 0.6) is 0 Å². The summed E-state index contributed by atoms with van der Waals surface area (Å²) in [6.07, 6.45) is 0. The molecule has 0 aliphatic rings. The second-order valence-corrected chi connectivity index (χ2v) is 4.11. The lowest BCUT2D eigenvalue weighted by Gasteiger charge is -2.09. The highest BCUT2D eigenvalue weighted by atomic mass is 79.9. The molecule has 0 radical (unpaired) electrons. The highest BCUT2D eigenvalue weighted by Crippen LogP contribution is 2.18. The normalized spacial score (nSPS) is 11.9. The SMILES string of the molecule is CC(N)CNc1cc(Br)cc(C#N)c1. The topological polar surface area (TPSA) is 61.8 Å². The number of halogens is 1. The first-order valence-electron chi connectivity index (χ1n) is 4.32. The van der Waals surface area contributed by atoms with Crippen molar-refractivity contribution in [3.05, 3.63) is 28.2 Å². The third-order valence-electron chi connectivity index (χ3n) is 1.66. The van der Waals surface area contributed by atoms with E-state index in [1.165, 1.54) is 0 Å². The van der Waals surface area contributed by atoms with Crippen LogP contribution in [0.4, 0.5) is 5.69 Å². The Kier molecular flexibility index (Phi) is 3.93. The molecular formula is C10H12BrN3. The van der Waals surface area contributed by atoms with E-state index in [9.17, 15) is 0 Å². The number of benzene rings is 1. The third kappa shape index (κ3) is 3.36. The highest BCUT2D eigenvalue weighted by molar-refractivity contribution is 9.10. The molecule has 1 unspecified atom stereocenters. The molecule has 0 aliphatic heterocycles. The summed E-state index contributed by atoms with van der Waals surface area (Å²) >= 11 is 3.34. The van der Waals surface area contributed by atoms with E-state index in [-0.39, 0.29) is 6.04 Å². The maximum atomic E-state index is 8.74. The van der Waals surface area contributed by atoms with Crippen molar-refractivity contribution in [3.63, 3.8) is 0 Å². The molecule has 0 saturated carbocycles. The van der Waals surface area contributed by atoms with E-state index >= 15 is 0 Å². The number of nitriles is 1. The molecule has 0 spiro atoms. The molecular weight excluding hydrogens is 242 g/mol. The van der Waals surface area contributed by atoms with Crippen molar-refractivity contribution < 1.29 is 0 Å². The molecule has 1 aromatic rings. The molecule has 0 aromatic heterocycles. The van der Waals surface area contributed by atoms with Crippen LogP contribution in [0.15, 0.2) is 22.7 Å². The van der Waals surface area contributed by atoms with Crippen molar-refractivity contribution in [1.29, 1.82) is 5.26 Å².